The summed E-state index contributed by atoms with van der Waals surface area (Å²) < 4.78 is 1.18. The number of halogens is 2. The third-order valence-corrected chi connectivity index (χ3v) is 4.63. The maximum atomic E-state index is 5.92. The van der Waals surface area contributed by atoms with E-state index in [1.54, 1.807) is 0 Å². The van der Waals surface area contributed by atoms with Crippen molar-refractivity contribution in [3.8, 4) is 0 Å². The molecular weight excluding hydrogens is 322 g/mol. The van der Waals surface area contributed by atoms with E-state index >= 15 is 0 Å². The summed E-state index contributed by atoms with van der Waals surface area (Å²) in [7, 11) is 2.00. The zero-order valence-corrected chi connectivity index (χ0v) is 13.4. The lowest BCUT2D eigenvalue weighted by Gasteiger charge is -2.19. The van der Waals surface area contributed by atoms with Crippen LogP contribution in [-0.4, -0.2) is 7.05 Å². The molecule has 19 heavy (non-hydrogen) atoms. The van der Waals surface area contributed by atoms with Crippen LogP contribution in [-0.2, 0) is 6.42 Å². The van der Waals surface area contributed by atoms with E-state index in [4.69, 9.17) is 11.6 Å². The summed E-state index contributed by atoms with van der Waals surface area (Å²) >= 11 is 9.61. The Morgan fingerprint density at radius 1 is 1.16 bits per heavy atom. The molecule has 0 saturated carbocycles. The predicted molar refractivity (Wildman–Crippen MR) is 85.8 cm³/mol. The smallest absolute Gasteiger partial charge is 0.0406 e. The Bertz CT molecular complexity index is 551. The molecule has 1 unspecified atom stereocenters. The number of hydrogen-bond donors (Lipinski definition) is 1. The lowest BCUT2D eigenvalue weighted by atomic mass is 9.98. The van der Waals surface area contributed by atoms with Gasteiger partial charge in [-0.15, -0.1) is 0 Å². The quantitative estimate of drug-likeness (QED) is 0.835. The van der Waals surface area contributed by atoms with Crippen molar-refractivity contribution in [2.45, 2.75) is 19.4 Å². The maximum Gasteiger partial charge on any atom is 0.0406 e. The fraction of sp³-hybridized carbons (Fsp3) is 0.250. The Labute approximate surface area is 128 Å². The van der Waals surface area contributed by atoms with Gasteiger partial charge in [-0.2, -0.15) is 0 Å². The lowest BCUT2D eigenvalue weighted by Crippen LogP contribution is -2.19. The second kappa shape index (κ2) is 6.56. The third kappa shape index (κ3) is 3.59. The molecule has 100 valence electrons. The molecule has 0 aliphatic rings. The first-order chi connectivity index (χ1) is 9.11. The summed E-state index contributed by atoms with van der Waals surface area (Å²) in [6, 6.07) is 14.7. The summed E-state index contributed by atoms with van der Waals surface area (Å²) in [5.74, 6) is 0. The van der Waals surface area contributed by atoms with Crippen molar-refractivity contribution in [1.82, 2.24) is 5.32 Å². The van der Waals surface area contributed by atoms with Gasteiger partial charge in [-0.1, -0.05) is 57.9 Å². The van der Waals surface area contributed by atoms with Gasteiger partial charge in [0.05, 0.1) is 0 Å². The summed E-state index contributed by atoms with van der Waals surface area (Å²) in [6.45, 7) is 2.11. The molecule has 0 fully saturated rings. The van der Waals surface area contributed by atoms with Gasteiger partial charge in [-0.05, 0) is 49.2 Å². The van der Waals surface area contributed by atoms with Crippen LogP contribution in [0.25, 0.3) is 0 Å². The van der Waals surface area contributed by atoms with E-state index in [1.807, 2.05) is 19.2 Å². The molecule has 2 rings (SSSR count). The van der Waals surface area contributed by atoms with Crippen molar-refractivity contribution in [3.63, 3.8) is 0 Å². The minimum Gasteiger partial charge on any atom is -0.313 e. The number of aryl methyl sites for hydroxylation is 1. The average Bonchev–Trinajstić information content (AvgIpc) is 2.42. The van der Waals surface area contributed by atoms with Crippen molar-refractivity contribution in [1.29, 1.82) is 0 Å². The normalized spacial score (nSPS) is 12.4. The van der Waals surface area contributed by atoms with E-state index in [-0.39, 0.29) is 6.04 Å². The molecule has 2 aromatic rings. The second-order valence-electron chi connectivity index (χ2n) is 4.65. The van der Waals surface area contributed by atoms with Crippen LogP contribution in [0.3, 0.4) is 0 Å². The minimum atomic E-state index is 0.287. The lowest BCUT2D eigenvalue weighted by molar-refractivity contribution is 0.589. The molecular formula is C16H17BrClN. The average molecular weight is 339 g/mol. The number of rotatable bonds is 4. The van der Waals surface area contributed by atoms with Crippen LogP contribution in [0, 0.1) is 6.92 Å². The Morgan fingerprint density at radius 2 is 1.84 bits per heavy atom. The molecule has 0 saturated heterocycles. The van der Waals surface area contributed by atoms with Crippen LogP contribution in [0.2, 0.25) is 5.02 Å². The molecule has 2 aromatic carbocycles. The van der Waals surface area contributed by atoms with Crippen molar-refractivity contribution in [3.05, 3.63) is 68.7 Å². The van der Waals surface area contributed by atoms with Crippen molar-refractivity contribution >= 4 is 27.5 Å². The van der Waals surface area contributed by atoms with Crippen molar-refractivity contribution in [2.24, 2.45) is 0 Å². The third-order valence-electron chi connectivity index (χ3n) is 3.30. The molecule has 0 amide bonds. The first-order valence-corrected chi connectivity index (χ1v) is 7.45. The van der Waals surface area contributed by atoms with Gasteiger partial charge in [0.1, 0.15) is 0 Å². The monoisotopic (exact) mass is 337 g/mol. The number of benzene rings is 2. The molecule has 0 aliphatic carbocycles. The van der Waals surface area contributed by atoms with Crippen LogP contribution in [0.4, 0.5) is 0 Å². The molecule has 1 N–H and O–H groups in total. The van der Waals surface area contributed by atoms with Crippen LogP contribution >= 0.6 is 27.5 Å². The van der Waals surface area contributed by atoms with Crippen LogP contribution in [0.5, 0.6) is 0 Å². The van der Waals surface area contributed by atoms with Gasteiger partial charge in [-0.3, -0.25) is 0 Å². The Hall–Kier alpha value is -0.830. The van der Waals surface area contributed by atoms with Gasteiger partial charge in [0.2, 0.25) is 0 Å². The molecule has 1 atom stereocenters. The van der Waals surface area contributed by atoms with Gasteiger partial charge < -0.3 is 5.32 Å². The number of nitrogens with one attached hydrogen (secondary N) is 1. The Kier molecular flexibility index (Phi) is 5.03. The highest BCUT2D eigenvalue weighted by Gasteiger charge is 2.14. The Morgan fingerprint density at radius 3 is 2.47 bits per heavy atom. The summed E-state index contributed by atoms with van der Waals surface area (Å²) in [5.41, 5.74) is 3.82. The fourth-order valence-electron chi connectivity index (χ4n) is 2.16. The van der Waals surface area contributed by atoms with Crippen molar-refractivity contribution < 1.29 is 0 Å². The number of likely N-dealkylation sites (N-methyl/N-ethyl adjacent to an activating group) is 1. The topological polar surface area (TPSA) is 12.0 Å². The highest BCUT2D eigenvalue weighted by Crippen LogP contribution is 2.28. The van der Waals surface area contributed by atoms with Crippen LogP contribution < -0.4 is 5.32 Å². The van der Waals surface area contributed by atoms with Crippen LogP contribution in [0.1, 0.15) is 22.7 Å². The van der Waals surface area contributed by atoms with Gasteiger partial charge in [0, 0.05) is 15.5 Å². The van der Waals surface area contributed by atoms with E-state index in [2.05, 4.69) is 58.5 Å². The Balaban J connectivity index is 2.25. The first-order valence-electron chi connectivity index (χ1n) is 6.28. The standard InChI is InChI=1S/C16H17BrClN/c1-11-4-3-5-14(16(11)17)15(19-2)10-12-6-8-13(18)9-7-12/h3-9,15,19H,10H2,1-2H3. The molecule has 1 nitrogen and oxygen atoms in total. The van der Waals surface area contributed by atoms with Gasteiger partial charge in [-0.25, -0.2) is 0 Å². The van der Waals surface area contributed by atoms with E-state index in [0.29, 0.717) is 0 Å². The first kappa shape index (κ1) is 14.6. The summed E-state index contributed by atoms with van der Waals surface area (Å²) in [5, 5.41) is 4.17. The summed E-state index contributed by atoms with van der Waals surface area (Å²) in [4.78, 5) is 0. The molecule has 0 radical (unpaired) electrons. The van der Waals surface area contributed by atoms with E-state index in [9.17, 15) is 0 Å². The van der Waals surface area contributed by atoms with E-state index in [0.717, 1.165) is 11.4 Å². The predicted octanol–water partition coefficient (Wildman–Crippen LogP) is 4.91. The largest absolute Gasteiger partial charge is 0.313 e. The fourth-order valence-corrected chi connectivity index (χ4v) is 2.83. The zero-order valence-electron chi connectivity index (χ0n) is 11.1. The van der Waals surface area contributed by atoms with Gasteiger partial charge >= 0.3 is 0 Å². The molecule has 0 spiro atoms. The molecule has 0 aromatic heterocycles. The van der Waals surface area contributed by atoms with E-state index in [1.165, 1.54) is 21.2 Å². The van der Waals surface area contributed by atoms with Crippen LogP contribution in [0.15, 0.2) is 46.9 Å². The second-order valence-corrected chi connectivity index (χ2v) is 5.88. The number of hydrogen-bond acceptors (Lipinski definition) is 1. The highest BCUT2D eigenvalue weighted by molar-refractivity contribution is 9.10. The van der Waals surface area contributed by atoms with Gasteiger partial charge in [0.15, 0.2) is 0 Å². The SMILES string of the molecule is CNC(Cc1ccc(Cl)cc1)c1cccc(C)c1Br. The van der Waals surface area contributed by atoms with E-state index < -0.39 is 0 Å². The molecule has 0 heterocycles. The summed E-state index contributed by atoms with van der Waals surface area (Å²) in [6.07, 6.45) is 0.940. The molecule has 0 aliphatic heterocycles. The minimum absolute atomic E-state index is 0.287. The van der Waals surface area contributed by atoms with Crippen molar-refractivity contribution in [2.75, 3.05) is 7.05 Å². The zero-order chi connectivity index (χ0) is 13.8. The molecule has 3 heteroatoms. The molecule has 0 bridgehead atoms. The maximum absolute atomic E-state index is 5.92. The van der Waals surface area contributed by atoms with Gasteiger partial charge in [0.25, 0.3) is 0 Å². The highest BCUT2D eigenvalue weighted by atomic mass is 79.9.